The highest BCUT2D eigenvalue weighted by Gasteiger charge is 2.51. The average molecular weight is 472 g/mol. The molecule has 0 aliphatic carbocycles. The Labute approximate surface area is 194 Å². The maximum Gasteiger partial charge on any atom is 0.303 e. The summed E-state index contributed by atoms with van der Waals surface area (Å²) in [6, 6.07) is 10.9. The zero-order valence-corrected chi connectivity index (χ0v) is 19.0. The fourth-order valence-corrected chi connectivity index (χ4v) is 5.02. The Morgan fingerprint density at radius 2 is 2.06 bits per heavy atom. The van der Waals surface area contributed by atoms with Gasteiger partial charge in [-0.15, -0.1) is 11.3 Å². The molecule has 3 heterocycles. The van der Waals surface area contributed by atoms with Gasteiger partial charge in [0.05, 0.1) is 5.56 Å². The summed E-state index contributed by atoms with van der Waals surface area (Å²) >= 11 is 7.61. The Bertz CT molecular complexity index is 1200. The maximum atomic E-state index is 13.7. The number of rotatable bonds is 7. The predicted octanol–water partition coefficient (Wildman–Crippen LogP) is 4.45. The molecule has 7 nitrogen and oxygen atoms in total. The Morgan fingerprint density at radius 3 is 2.75 bits per heavy atom. The molecule has 0 saturated carbocycles. The van der Waals surface area contributed by atoms with Crippen molar-refractivity contribution in [3.05, 3.63) is 58.6 Å². The molecule has 166 valence electrons. The summed E-state index contributed by atoms with van der Waals surface area (Å²) in [6.45, 7) is 2.38. The second-order valence-electron chi connectivity index (χ2n) is 7.91. The Balaban J connectivity index is 1.62. The average Bonchev–Trinajstić information content (AvgIpc) is 3.19. The lowest BCUT2D eigenvalue weighted by atomic mass is 9.84. The second-order valence-corrected chi connectivity index (χ2v) is 9.26. The summed E-state index contributed by atoms with van der Waals surface area (Å²) in [5.41, 5.74) is -0.462. The second kappa shape index (κ2) is 8.88. The van der Waals surface area contributed by atoms with E-state index in [0.29, 0.717) is 29.4 Å². The van der Waals surface area contributed by atoms with Crippen molar-refractivity contribution in [1.82, 2.24) is 9.88 Å². The number of aromatic nitrogens is 1. The minimum atomic E-state index is -1.05. The van der Waals surface area contributed by atoms with Gasteiger partial charge >= 0.3 is 5.97 Å². The van der Waals surface area contributed by atoms with Gasteiger partial charge in [-0.05, 0) is 38.0 Å². The number of pyridine rings is 1. The van der Waals surface area contributed by atoms with Crippen LogP contribution in [0.3, 0.4) is 0 Å². The van der Waals surface area contributed by atoms with Crippen molar-refractivity contribution < 1.29 is 19.5 Å². The molecule has 0 spiro atoms. The molecule has 0 radical (unpaired) electrons. The fourth-order valence-electron chi connectivity index (χ4n) is 3.94. The largest absolute Gasteiger partial charge is 0.481 e. The molecule has 1 fully saturated rings. The van der Waals surface area contributed by atoms with Crippen molar-refractivity contribution in [1.29, 1.82) is 0 Å². The third-order valence-electron chi connectivity index (χ3n) is 5.84. The first-order valence-corrected chi connectivity index (χ1v) is 11.5. The summed E-state index contributed by atoms with van der Waals surface area (Å²) in [5, 5.41) is 12.1. The van der Waals surface area contributed by atoms with Crippen LogP contribution >= 0.6 is 22.9 Å². The maximum absolute atomic E-state index is 13.7. The topological polar surface area (TPSA) is 90.8 Å². The van der Waals surface area contributed by atoms with Gasteiger partial charge in [-0.1, -0.05) is 29.8 Å². The van der Waals surface area contributed by atoms with Gasteiger partial charge in [0, 0.05) is 46.2 Å². The number of thiophene rings is 1. The molecule has 1 aliphatic heterocycles. The molecule has 1 atom stereocenters. The zero-order valence-electron chi connectivity index (χ0n) is 17.5. The summed E-state index contributed by atoms with van der Waals surface area (Å²) in [6.07, 6.45) is 2.19. The third kappa shape index (κ3) is 4.08. The number of hydrogen-bond donors (Lipinski definition) is 1. The van der Waals surface area contributed by atoms with E-state index >= 15 is 0 Å². The molecule has 32 heavy (non-hydrogen) atoms. The van der Waals surface area contributed by atoms with E-state index in [1.54, 1.807) is 24.0 Å². The van der Waals surface area contributed by atoms with E-state index in [2.05, 4.69) is 4.98 Å². The Hall–Kier alpha value is -2.97. The van der Waals surface area contributed by atoms with Crippen LogP contribution in [0, 0.1) is 0 Å². The Kier molecular flexibility index (Phi) is 6.17. The predicted molar refractivity (Wildman–Crippen MR) is 124 cm³/mol. The SMILES string of the molecule is CC1(C(=O)N(CCCC(=O)O)c2cc(Cl)ccn2)CCN1C(=O)c1csc2ccccc12. The molecule has 9 heteroatoms. The van der Waals surface area contributed by atoms with Crippen molar-refractivity contribution in [2.75, 3.05) is 18.0 Å². The van der Waals surface area contributed by atoms with Crippen LogP contribution in [0.25, 0.3) is 10.1 Å². The standard InChI is InChI=1S/C23H22ClN3O4S/c1-23(9-12-27(23)21(30)17-14-32-18-6-3-2-5-16(17)18)22(31)26(11-4-7-20(28)29)19-13-15(24)8-10-25-19/h2-3,5-6,8,10,13-14H,4,7,9,11-12H2,1H3,(H,28,29). The van der Waals surface area contributed by atoms with E-state index in [4.69, 9.17) is 16.7 Å². The monoisotopic (exact) mass is 471 g/mol. The van der Waals surface area contributed by atoms with Crippen LogP contribution < -0.4 is 4.90 Å². The van der Waals surface area contributed by atoms with Gasteiger partial charge in [-0.25, -0.2) is 4.98 Å². The van der Waals surface area contributed by atoms with Crippen LogP contribution in [0.1, 0.15) is 36.5 Å². The first-order valence-electron chi connectivity index (χ1n) is 10.2. The van der Waals surface area contributed by atoms with E-state index in [1.807, 2.05) is 29.6 Å². The van der Waals surface area contributed by atoms with Crippen LogP contribution in [0.4, 0.5) is 5.82 Å². The van der Waals surface area contributed by atoms with Gasteiger partial charge in [0.25, 0.3) is 11.8 Å². The smallest absolute Gasteiger partial charge is 0.303 e. The molecular weight excluding hydrogens is 450 g/mol. The van der Waals surface area contributed by atoms with Gasteiger partial charge in [0.2, 0.25) is 0 Å². The van der Waals surface area contributed by atoms with Crippen LogP contribution in [-0.4, -0.2) is 51.4 Å². The lowest BCUT2D eigenvalue weighted by Crippen LogP contribution is -2.68. The highest BCUT2D eigenvalue weighted by atomic mass is 35.5. The number of carbonyl (C=O) groups excluding carboxylic acids is 2. The molecule has 1 aliphatic rings. The van der Waals surface area contributed by atoms with Crippen molar-refractivity contribution >= 4 is 56.6 Å². The number of likely N-dealkylation sites (tertiary alicyclic amines) is 1. The van der Waals surface area contributed by atoms with Crippen LogP contribution in [0.2, 0.25) is 5.02 Å². The molecule has 1 saturated heterocycles. The number of amides is 2. The van der Waals surface area contributed by atoms with Crippen molar-refractivity contribution in [2.24, 2.45) is 0 Å². The number of carboxylic acids is 1. The number of hydrogen-bond acceptors (Lipinski definition) is 5. The normalized spacial score (nSPS) is 17.8. The van der Waals surface area contributed by atoms with Gasteiger partial charge < -0.3 is 10.0 Å². The molecule has 2 aromatic heterocycles. The van der Waals surface area contributed by atoms with Crippen molar-refractivity contribution in [3.8, 4) is 0 Å². The summed E-state index contributed by atoms with van der Waals surface area (Å²) in [4.78, 5) is 45.4. The fraction of sp³-hybridized carbons (Fsp3) is 0.304. The van der Waals surface area contributed by atoms with Gasteiger partial charge in [0.15, 0.2) is 0 Å². The van der Waals surface area contributed by atoms with Gasteiger partial charge in [0.1, 0.15) is 11.4 Å². The highest BCUT2D eigenvalue weighted by Crippen LogP contribution is 2.37. The minimum absolute atomic E-state index is 0.0788. The quantitative estimate of drug-likeness (QED) is 0.549. The number of fused-ring (bicyclic) bond motifs is 1. The van der Waals surface area contributed by atoms with E-state index in [0.717, 1.165) is 10.1 Å². The zero-order chi connectivity index (χ0) is 22.9. The molecule has 3 aromatic rings. The van der Waals surface area contributed by atoms with Gasteiger partial charge in [-0.3, -0.25) is 19.3 Å². The van der Waals surface area contributed by atoms with E-state index in [9.17, 15) is 14.4 Å². The molecule has 0 bridgehead atoms. The first kappa shape index (κ1) is 22.2. The van der Waals surface area contributed by atoms with Crippen molar-refractivity contribution in [2.45, 2.75) is 31.7 Å². The number of carboxylic acid groups (broad SMARTS) is 1. The number of carbonyl (C=O) groups is 3. The minimum Gasteiger partial charge on any atom is -0.481 e. The van der Waals surface area contributed by atoms with E-state index in [-0.39, 0.29) is 31.2 Å². The molecule has 1 N–H and O–H groups in total. The number of nitrogens with zero attached hydrogens (tertiary/aromatic N) is 3. The molecule has 2 amide bonds. The van der Waals surface area contributed by atoms with Crippen LogP contribution in [0.5, 0.6) is 0 Å². The molecule has 1 unspecified atom stereocenters. The lowest BCUT2D eigenvalue weighted by molar-refractivity contribution is -0.137. The number of halogens is 1. The summed E-state index contributed by atoms with van der Waals surface area (Å²) in [5.74, 6) is -1.08. The molecule has 1 aromatic carbocycles. The van der Waals surface area contributed by atoms with E-state index in [1.165, 1.54) is 22.4 Å². The Morgan fingerprint density at radius 1 is 1.28 bits per heavy atom. The number of benzene rings is 1. The lowest BCUT2D eigenvalue weighted by Gasteiger charge is -2.50. The molecular formula is C23H22ClN3O4S. The van der Waals surface area contributed by atoms with Crippen LogP contribution in [-0.2, 0) is 9.59 Å². The first-order chi connectivity index (χ1) is 15.3. The molecule has 4 rings (SSSR count). The summed E-state index contributed by atoms with van der Waals surface area (Å²) in [7, 11) is 0. The van der Waals surface area contributed by atoms with Crippen LogP contribution in [0.15, 0.2) is 48.0 Å². The number of aliphatic carboxylic acids is 1. The summed E-state index contributed by atoms with van der Waals surface area (Å²) < 4.78 is 1.02. The van der Waals surface area contributed by atoms with E-state index < -0.39 is 11.5 Å². The van der Waals surface area contributed by atoms with Gasteiger partial charge in [-0.2, -0.15) is 0 Å². The highest BCUT2D eigenvalue weighted by molar-refractivity contribution is 7.17. The van der Waals surface area contributed by atoms with Crippen molar-refractivity contribution in [3.63, 3.8) is 0 Å². The third-order valence-corrected chi connectivity index (χ3v) is 7.04. The number of anilines is 1.